The van der Waals surface area contributed by atoms with E-state index in [0.717, 1.165) is 0 Å². The molecule has 1 aromatic carbocycles. The fraction of sp³-hybridized carbons (Fsp3) is 0.438. The van der Waals surface area contributed by atoms with Crippen LogP contribution in [0.3, 0.4) is 0 Å². The van der Waals surface area contributed by atoms with Crippen LogP contribution in [0, 0.1) is 5.41 Å². The Morgan fingerprint density at radius 1 is 1.30 bits per heavy atom. The summed E-state index contributed by atoms with van der Waals surface area (Å²) in [6, 6.07) is 6.33. The third kappa shape index (κ3) is 4.00. The molecule has 0 aromatic heterocycles. The molecule has 1 heterocycles. The zero-order valence-corrected chi connectivity index (χ0v) is 12.9. The van der Waals surface area contributed by atoms with Gasteiger partial charge >= 0.3 is 5.97 Å². The van der Waals surface area contributed by atoms with E-state index >= 15 is 0 Å². The Hall–Kier alpha value is -2.57. The van der Waals surface area contributed by atoms with E-state index < -0.39 is 17.3 Å². The van der Waals surface area contributed by atoms with Crippen molar-refractivity contribution in [1.82, 2.24) is 4.90 Å². The first-order valence-corrected chi connectivity index (χ1v) is 7.36. The first-order chi connectivity index (χ1) is 10.8. The number of nitrogens with two attached hydrogens (primary N) is 1. The summed E-state index contributed by atoms with van der Waals surface area (Å²) in [5, 5.41) is 9.16. The Morgan fingerprint density at radius 2 is 1.96 bits per heavy atom. The smallest absolute Gasteiger partial charge is 0.311 e. The molecule has 1 saturated heterocycles. The van der Waals surface area contributed by atoms with Crippen LogP contribution in [0.5, 0.6) is 5.75 Å². The fourth-order valence-corrected chi connectivity index (χ4v) is 2.48. The zero-order valence-electron chi connectivity index (χ0n) is 12.9. The van der Waals surface area contributed by atoms with Crippen LogP contribution in [0.1, 0.15) is 30.1 Å². The molecule has 0 aliphatic carbocycles. The highest BCUT2D eigenvalue weighted by Crippen LogP contribution is 2.30. The summed E-state index contributed by atoms with van der Waals surface area (Å²) >= 11 is 0. The Bertz CT molecular complexity index is 613. The molecular weight excluding hydrogens is 300 g/mol. The van der Waals surface area contributed by atoms with Gasteiger partial charge in [-0.3, -0.25) is 14.4 Å². The number of primary amides is 1. The van der Waals surface area contributed by atoms with Crippen molar-refractivity contribution in [3.05, 3.63) is 29.8 Å². The van der Waals surface area contributed by atoms with E-state index in [9.17, 15) is 14.4 Å². The van der Waals surface area contributed by atoms with E-state index in [1.54, 1.807) is 36.1 Å². The van der Waals surface area contributed by atoms with Gasteiger partial charge in [0, 0.05) is 18.7 Å². The number of carbonyl (C=O) groups is 3. The monoisotopic (exact) mass is 320 g/mol. The molecule has 1 aromatic rings. The van der Waals surface area contributed by atoms with Gasteiger partial charge in [-0.05, 0) is 37.6 Å². The summed E-state index contributed by atoms with van der Waals surface area (Å²) in [5.41, 5.74) is 4.67. The van der Waals surface area contributed by atoms with Crippen LogP contribution >= 0.6 is 0 Å². The lowest BCUT2D eigenvalue weighted by atomic mass is 9.90. The van der Waals surface area contributed by atoms with Gasteiger partial charge < -0.3 is 20.5 Å². The molecule has 0 radical (unpaired) electrons. The molecule has 2 rings (SSSR count). The number of hydrogen-bond acceptors (Lipinski definition) is 4. The number of nitrogens with zero attached hydrogens (tertiary/aromatic N) is 1. The van der Waals surface area contributed by atoms with Crippen molar-refractivity contribution in [1.29, 1.82) is 0 Å². The number of amides is 2. The number of rotatable bonds is 6. The highest BCUT2D eigenvalue weighted by atomic mass is 16.5. The van der Waals surface area contributed by atoms with E-state index in [0.29, 0.717) is 24.3 Å². The Labute approximate surface area is 134 Å². The minimum atomic E-state index is -0.876. The Balaban J connectivity index is 1.79. The van der Waals surface area contributed by atoms with E-state index in [1.165, 1.54) is 0 Å². The number of carboxylic acid groups (broad SMARTS) is 1. The first-order valence-electron chi connectivity index (χ1n) is 7.36. The van der Waals surface area contributed by atoms with Crippen LogP contribution in [0.15, 0.2) is 24.3 Å². The summed E-state index contributed by atoms with van der Waals surface area (Å²) in [4.78, 5) is 35.8. The average molecular weight is 320 g/mol. The second-order valence-corrected chi connectivity index (χ2v) is 5.92. The molecule has 0 saturated carbocycles. The van der Waals surface area contributed by atoms with Crippen LogP contribution in [-0.2, 0) is 9.59 Å². The molecule has 23 heavy (non-hydrogen) atoms. The van der Waals surface area contributed by atoms with Gasteiger partial charge in [0.05, 0.1) is 18.4 Å². The van der Waals surface area contributed by atoms with E-state index in [4.69, 9.17) is 15.6 Å². The van der Waals surface area contributed by atoms with Gasteiger partial charge in [-0.15, -0.1) is 0 Å². The van der Waals surface area contributed by atoms with Crippen molar-refractivity contribution in [3.63, 3.8) is 0 Å². The second kappa shape index (κ2) is 6.68. The third-order valence-electron chi connectivity index (χ3n) is 4.07. The van der Waals surface area contributed by atoms with Crippen molar-refractivity contribution in [2.75, 3.05) is 19.7 Å². The number of hydrogen-bond donors (Lipinski definition) is 2. The number of carbonyl (C=O) groups excluding carboxylic acids is 2. The highest BCUT2D eigenvalue weighted by molar-refractivity contribution is 5.92. The molecule has 124 valence electrons. The van der Waals surface area contributed by atoms with Gasteiger partial charge in [0.1, 0.15) is 5.75 Å². The molecule has 7 nitrogen and oxygen atoms in total. The summed E-state index contributed by atoms with van der Waals surface area (Å²) in [5.74, 6) is -0.968. The predicted molar refractivity (Wildman–Crippen MR) is 82.0 cm³/mol. The van der Waals surface area contributed by atoms with Crippen molar-refractivity contribution >= 4 is 17.8 Å². The molecular formula is C16H20N2O5. The lowest BCUT2D eigenvalue weighted by molar-refractivity contribution is -0.147. The average Bonchev–Trinajstić information content (AvgIpc) is 2.92. The molecule has 0 spiro atoms. The quantitative estimate of drug-likeness (QED) is 0.808. The van der Waals surface area contributed by atoms with Crippen LogP contribution in [0.4, 0.5) is 0 Å². The number of benzene rings is 1. The standard InChI is InChI=1S/C16H20N2O5/c1-16(15(21)22)7-8-18(10-16)13(19)6-9-23-12-4-2-11(3-5-12)14(17)20/h2-5H,6-10H2,1H3,(H2,17,20)(H,21,22). The largest absolute Gasteiger partial charge is 0.493 e. The van der Waals surface area contributed by atoms with Crippen LogP contribution in [0.2, 0.25) is 0 Å². The highest BCUT2D eigenvalue weighted by Gasteiger charge is 2.41. The molecule has 7 heteroatoms. The van der Waals surface area contributed by atoms with Crippen LogP contribution < -0.4 is 10.5 Å². The maximum Gasteiger partial charge on any atom is 0.311 e. The van der Waals surface area contributed by atoms with Crippen molar-refractivity contribution in [2.24, 2.45) is 11.1 Å². The third-order valence-corrected chi connectivity index (χ3v) is 4.07. The number of ether oxygens (including phenoxy) is 1. The van der Waals surface area contributed by atoms with Gasteiger partial charge in [0.25, 0.3) is 0 Å². The minimum absolute atomic E-state index is 0.122. The SMILES string of the molecule is CC1(C(=O)O)CCN(C(=O)CCOc2ccc(C(N)=O)cc2)C1. The molecule has 3 N–H and O–H groups in total. The van der Waals surface area contributed by atoms with Crippen molar-refractivity contribution < 1.29 is 24.2 Å². The molecule has 2 amide bonds. The van der Waals surface area contributed by atoms with Crippen LogP contribution in [-0.4, -0.2) is 47.5 Å². The maximum atomic E-state index is 12.1. The predicted octanol–water partition coefficient (Wildman–Crippen LogP) is 0.878. The minimum Gasteiger partial charge on any atom is -0.493 e. The van der Waals surface area contributed by atoms with Crippen molar-refractivity contribution in [3.8, 4) is 5.75 Å². The summed E-state index contributed by atoms with van der Waals surface area (Å²) < 4.78 is 5.45. The van der Waals surface area contributed by atoms with Gasteiger partial charge in [-0.2, -0.15) is 0 Å². The maximum absolute atomic E-state index is 12.1. The van der Waals surface area contributed by atoms with Gasteiger partial charge in [-0.1, -0.05) is 0 Å². The Kier molecular flexibility index (Phi) is 4.88. The summed E-state index contributed by atoms with van der Waals surface area (Å²) in [6.45, 7) is 2.53. The van der Waals surface area contributed by atoms with Gasteiger partial charge in [-0.25, -0.2) is 0 Å². The lowest BCUT2D eigenvalue weighted by Crippen LogP contribution is -2.35. The molecule has 1 fully saturated rings. The Morgan fingerprint density at radius 3 is 2.48 bits per heavy atom. The van der Waals surface area contributed by atoms with Crippen molar-refractivity contribution in [2.45, 2.75) is 19.8 Å². The number of carboxylic acids is 1. The zero-order chi connectivity index (χ0) is 17.0. The molecule has 1 aliphatic heterocycles. The normalized spacial score (nSPS) is 20.3. The topological polar surface area (TPSA) is 110 Å². The lowest BCUT2D eigenvalue weighted by Gasteiger charge is -2.20. The molecule has 0 bridgehead atoms. The van der Waals surface area contributed by atoms with Gasteiger partial charge in [0.15, 0.2) is 0 Å². The molecule has 1 aliphatic rings. The fourth-order valence-electron chi connectivity index (χ4n) is 2.48. The molecule has 1 unspecified atom stereocenters. The molecule has 1 atom stereocenters. The second-order valence-electron chi connectivity index (χ2n) is 5.92. The summed E-state index contributed by atoms with van der Waals surface area (Å²) in [6.07, 6.45) is 0.636. The van der Waals surface area contributed by atoms with E-state index in [1.807, 2.05) is 0 Å². The number of aliphatic carboxylic acids is 1. The van der Waals surface area contributed by atoms with E-state index in [2.05, 4.69) is 0 Å². The van der Waals surface area contributed by atoms with Gasteiger partial charge in [0.2, 0.25) is 11.8 Å². The first kappa shape index (κ1) is 16.8. The summed E-state index contributed by atoms with van der Waals surface area (Å²) in [7, 11) is 0. The van der Waals surface area contributed by atoms with E-state index in [-0.39, 0.29) is 25.5 Å². The number of likely N-dealkylation sites (tertiary alicyclic amines) is 1. The van der Waals surface area contributed by atoms with Crippen LogP contribution in [0.25, 0.3) is 0 Å².